The van der Waals surface area contributed by atoms with E-state index in [2.05, 4.69) is 24.1 Å². The lowest BCUT2D eigenvalue weighted by atomic mass is 9.39. The van der Waals surface area contributed by atoms with Crippen LogP contribution in [0.3, 0.4) is 0 Å². The zero-order valence-corrected chi connectivity index (χ0v) is 33.7. The highest BCUT2D eigenvalue weighted by molar-refractivity contribution is 5.96. The fourth-order valence-electron chi connectivity index (χ4n) is 14.7. The predicted molar refractivity (Wildman–Crippen MR) is 203 cm³/mol. The highest BCUT2D eigenvalue weighted by Crippen LogP contribution is 2.73. The summed E-state index contributed by atoms with van der Waals surface area (Å²) in [6.07, 6.45) is 5.49. The van der Waals surface area contributed by atoms with Gasteiger partial charge in [-0.1, -0.05) is 32.6 Å². The molecule has 56 heavy (non-hydrogen) atoms. The third kappa shape index (κ3) is 5.24. The second-order valence-electron chi connectivity index (χ2n) is 20.1. The van der Waals surface area contributed by atoms with Gasteiger partial charge >= 0.3 is 0 Å². The van der Waals surface area contributed by atoms with E-state index in [1.54, 1.807) is 20.1 Å². The first-order chi connectivity index (χ1) is 26.6. The average Bonchev–Trinajstić information content (AvgIpc) is 3.45. The zero-order valence-electron chi connectivity index (χ0n) is 33.7. The summed E-state index contributed by atoms with van der Waals surface area (Å²) in [5.41, 5.74) is -5.55. The zero-order chi connectivity index (χ0) is 39.6. The van der Waals surface area contributed by atoms with Gasteiger partial charge in [-0.15, -0.1) is 5.92 Å². The Bertz CT molecular complexity index is 1700. The molecule has 5 aliphatic carbocycles. The lowest BCUT2D eigenvalue weighted by Crippen LogP contribution is -2.68. The van der Waals surface area contributed by atoms with Gasteiger partial charge in [0.2, 0.25) is 5.91 Å². The standard InChI is InChI=1S/C44H64N2O10/c1-39-15-10-26(55-20-8-19-54-4)21-28(39)29(48)22-31-43(39)14-7-9-25-23-46(25)38(51)35-42(12-5-6-13-42)32-27(24-47)33(56-34(32)37(50)45-35)36(49)41(3,52)30-11-16-44(31,53)40(30,2)17-18-43/h22,25-28,30,32-37,45,47,49-50,52-53H,5-6,8-13,15-21,23-24H2,1-4H3/t25-,26+,27-,28+,30+,32-,33+,34+,35-,36-,37+,39+,40-,41+,43+,44-,46?/m1/s1. The monoisotopic (exact) mass is 780 g/mol. The van der Waals surface area contributed by atoms with Gasteiger partial charge in [0.25, 0.3) is 0 Å². The van der Waals surface area contributed by atoms with Crippen molar-refractivity contribution in [1.82, 2.24) is 10.2 Å². The number of nitrogens with one attached hydrogen (secondary N) is 1. The van der Waals surface area contributed by atoms with Gasteiger partial charge in [-0.05, 0) is 94.1 Å². The minimum absolute atomic E-state index is 0.0160. The molecule has 4 saturated carbocycles. The molecular weight excluding hydrogens is 716 g/mol. The van der Waals surface area contributed by atoms with Crippen molar-refractivity contribution in [3.8, 4) is 11.8 Å². The van der Waals surface area contributed by atoms with Gasteiger partial charge in [0.1, 0.15) is 18.4 Å². The Kier molecular flexibility index (Phi) is 9.57. The van der Waals surface area contributed by atoms with Crippen LogP contribution in [-0.2, 0) is 23.8 Å². The third-order valence-electron chi connectivity index (χ3n) is 17.8. The van der Waals surface area contributed by atoms with E-state index in [1.807, 2.05) is 11.8 Å². The lowest BCUT2D eigenvalue weighted by molar-refractivity contribution is -0.206. The Morgan fingerprint density at radius 1 is 0.982 bits per heavy atom. The minimum atomic E-state index is -1.78. The maximum Gasteiger partial charge on any atom is 0.240 e. The van der Waals surface area contributed by atoms with E-state index in [0.29, 0.717) is 70.3 Å². The number of ketones is 1. The summed E-state index contributed by atoms with van der Waals surface area (Å²) in [5, 5.41) is 64.4. The van der Waals surface area contributed by atoms with Crippen LogP contribution in [-0.4, -0.2) is 130 Å². The van der Waals surface area contributed by atoms with Gasteiger partial charge in [0, 0.05) is 68.5 Å². The van der Waals surface area contributed by atoms with Crippen LogP contribution in [0.4, 0.5) is 0 Å². The van der Waals surface area contributed by atoms with Crippen LogP contribution in [0, 0.1) is 57.2 Å². The van der Waals surface area contributed by atoms with Crippen molar-refractivity contribution < 1.29 is 49.3 Å². The highest BCUT2D eigenvalue weighted by Gasteiger charge is 2.74. The summed E-state index contributed by atoms with van der Waals surface area (Å²) in [4.78, 5) is 30.8. The number of nitrogens with zero attached hydrogens (tertiary/aromatic N) is 1. The van der Waals surface area contributed by atoms with Crippen LogP contribution in [0.5, 0.6) is 0 Å². The third-order valence-corrected chi connectivity index (χ3v) is 17.8. The highest BCUT2D eigenvalue weighted by atomic mass is 16.5. The number of fused-ring (bicyclic) bond motifs is 4. The number of carbonyl (C=O) groups excluding carboxylic acids is 2. The van der Waals surface area contributed by atoms with E-state index in [4.69, 9.17) is 14.2 Å². The Balaban J connectivity index is 1.15. The Hall–Kier alpha value is -1.92. The van der Waals surface area contributed by atoms with Crippen molar-refractivity contribution in [3.05, 3.63) is 11.6 Å². The first-order valence-corrected chi connectivity index (χ1v) is 21.6. The molecule has 0 aromatic rings. The second-order valence-corrected chi connectivity index (χ2v) is 20.1. The molecule has 5 aliphatic heterocycles. The van der Waals surface area contributed by atoms with E-state index in [1.165, 1.54) is 0 Å². The molecule has 10 aliphatic rings. The number of methoxy groups -OCH3 is 1. The molecule has 7 fully saturated rings. The van der Waals surface area contributed by atoms with Gasteiger partial charge in [-0.3, -0.25) is 14.9 Å². The molecule has 0 unspecified atom stereocenters. The van der Waals surface area contributed by atoms with Crippen LogP contribution in [0.25, 0.3) is 0 Å². The van der Waals surface area contributed by atoms with Crippen LogP contribution < -0.4 is 5.32 Å². The summed E-state index contributed by atoms with van der Waals surface area (Å²) in [6.45, 7) is 7.21. The largest absolute Gasteiger partial charge is 0.396 e. The number of aliphatic hydroxyl groups excluding tert-OH is 3. The van der Waals surface area contributed by atoms with E-state index in [9.17, 15) is 35.1 Å². The summed E-state index contributed by atoms with van der Waals surface area (Å²) < 4.78 is 18.1. The Morgan fingerprint density at radius 2 is 1.75 bits per heavy atom. The fraction of sp³-hybridized carbons (Fsp3) is 0.864. The summed E-state index contributed by atoms with van der Waals surface area (Å²) in [5.74, 6) is 5.24. The van der Waals surface area contributed by atoms with Crippen molar-refractivity contribution in [2.75, 3.05) is 33.5 Å². The SMILES string of the molecule is COCCCO[C@H]1CC[C@@]2(C)[C@@H](C1)C(=O)C=C1[C@]3(O)CC[C@@H]4[C@](C)(O)[C@H](O)[C@H]5O[C@H]6[C@@H]([C@H]5CO)C5(CCCC5)[C@H](N[C@H]6O)C(=O)N5C[C@H]5CC#C[C@]12CC[C@]43C. The molecule has 10 rings (SSSR count). The Morgan fingerprint density at radius 3 is 2.48 bits per heavy atom. The minimum Gasteiger partial charge on any atom is -0.396 e. The number of piperidine rings is 1. The molecule has 0 aromatic carbocycles. The lowest BCUT2D eigenvalue weighted by Gasteiger charge is -2.64. The molecule has 16 atom stereocenters. The second kappa shape index (κ2) is 13.5. The quantitative estimate of drug-likeness (QED) is 0.132. The van der Waals surface area contributed by atoms with E-state index in [0.717, 1.165) is 38.5 Å². The molecule has 0 aromatic heterocycles. The number of rotatable bonds is 6. The first kappa shape index (κ1) is 39.5. The van der Waals surface area contributed by atoms with Gasteiger partial charge in [-0.25, -0.2) is 0 Å². The van der Waals surface area contributed by atoms with Crippen LogP contribution >= 0.6 is 0 Å². The van der Waals surface area contributed by atoms with Gasteiger partial charge in [-0.2, -0.15) is 0 Å². The van der Waals surface area contributed by atoms with Crippen molar-refractivity contribution >= 4 is 11.7 Å². The van der Waals surface area contributed by atoms with E-state index < -0.39 is 81.2 Å². The van der Waals surface area contributed by atoms with Crippen molar-refractivity contribution in [1.29, 1.82) is 0 Å². The number of ether oxygens (including phenoxy) is 3. The fourth-order valence-corrected chi connectivity index (χ4v) is 14.7. The molecule has 5 heterocycles. The number of hydrogen-bond acceptors (Lipinski definition) is 11. The van der Waals surface area contributed by atoms with Gasteiger partial charge < -0.3 is 44.6 Å². The maximum atomic E-state index is 14.5. The Labute approximate surface area is 331 Å². The normalized spacial score (nSPS) is 51.5. The number of aliphatic hydroxyl groups is 5. The number of carbonyl (C=O) groups is 2. The molecule has 0 radical (unpaired) electrons. The predicted octanol–water partition coefficient (Wildman–Crippen LogP) is 2.22. The smallest absolute Gasteiger partial charge is 0.240 e. The number of amides is 1. The maximum absolute atomic E-state index is 14.5. The molecule has 310 valence electrons. The summed E-state index contributed by atoms with van der Waals surface area (Å²) in [6, 6.07) is -0.778. The van der Waals surface area contributed by atoms with Crippen LogP contribution in [0.2, 0.25) is 0 Å². The summed E-state index contributed by atoms with van der Waals surface area (Å²) >= 11 is 0. The van der Waals surface area contributed by atoms with E-state index in [-0.39, 0.29) is 36.4 Å². The molecule has 3 saturated heterocycles. The number of allylic oxidation sites excluding steroid dienone is 1. The molecule has 2 spiro atoms. The molecule has 12 nitrogen and oxygen atoms in total. The molecule has 7 bridgehead atoms. The van der Waals surface area contributed by atoms with Crippen molar-refractivity contribution in [3.63, 3.8) is 0 Å². The molecule has 6 N–H and O–H groups in total. The van der Waals surface area contributed by atoms with Crippen molar-refractivity contribution in [2.24, 2.45) is 45.3 Å². The molecule has 12 heteroatoms. The average molecular weight is 781 g/mol. The first-order valence-electron chi connectivity index (χ1n) is 21.6. The summed E-state index contributed by atoms with van der Waals surface area (Å²) in [7, 11) is 1.68. The molecular formula is C44H64N2O10. The topological polar surface area (TPSA) is 178 Å². The number of hydrogen-bond donors (Lipinski definition) is 6. The van der Waals surface area contributed by atoms with Crippen LogP contribution in [0.1, 0.15) is 104 Å². The van der Waals surface area contributed by atoms with Crippen molar-refractivity contribution in [2.45, 2.75) is 158 Å². The van der Waals surface area contributed by atoms with Gasteiger partial charge in [0.05, 0.1) is 40.9 Å². The molecule has 1 amide bonds. The van der Waals surface area contributed by atoms with E-state index >= 15 is 0 Å². The van der Waals surface area contributed by atoms with Gasteiger partial charge in [0.15, 0.2) is 5.78 Å². The van der Waals surface area contributed by atoms with Crippen LogP contribution in [0.15, 0.2) is 11.6 Å².